The van der Waals surface area contributed by atoms with Gasteiger partial charge in [-0.15, -0.1) is 0 Å². The van der Waals surface area contributed by atoms with Crippen LogP contribution in [0.15, 0.2) is 0 Å². The van der Waals surface area contributed by atoms with Crippen molar-refractivity contribution in [1.29, 1.82) is 0 Å². The fourth-order valence-electron chi connectivity index (χ4n) is 0.809. The number of methoxy groups -OCH3 is 1. The van der Waals surface area contributed by atoms with Crippen molar-refractivity contribution in [2.45, 2.75) is 31.6 Å². The van der Waals surface area contributed by atoms with Gasteiger partial charge in [-0.3, -0.25) is 4.79 Å². The molecule has 1 N–H and O–H groups in total. The van der Waals surface area contributed by atoms with Gasteiger partial charge < -0.3 is 10.1 Å². The molecule has 2 unspecified atom stereocenters. The fraction of sp³-hybridized carbons (Fsp3) is 0.889. The molecule has 0 aliphatic rings. The second-order valence-corrected chi connectivity index (χ2v) is 4.46. The van der Waals surface area contributed by atoms with Crippen LogP contribution in [0.25, 0.3) is 0 Å². The van der Waals surface area contributed by atoms with E-state index in [1.165, 1.54) is 7.11 Å². The second kappa shape index (κ2) is 7.21. The van der Waals surface area contributed by atoms with Crippen LogP contribution in [-0.2, 0) is 9.53 Å². The average Bonchev–Trinajstić information content (AvgIpc) is 2.15. The summed E-state index contributed by atoms with van der Waals surface area (Å²) in [5, 5.41) is 3.70. The Morgan fingerprint density at radius 1 is 1.54 bits per heavy atom. The number of carbonyl (C=O) groups excluding carboxylic acids is 1. The van der Waals surface area contributed by atoms with Gasteiger partial charge in [0.1, 0.15) is 0 Å². The molecular formula is C9H19NO2S. The molecular weight excluding hydrogens is 186 g/mol. The van der Waals surface area contributed by atoms with Crippen molar-refractivity contribution in [3.8, 4) is 0 Å². The lowest BCUT2D eigenvalue weighted by Gasteiger charge is -2.18. The molecule has 0 amide bonds. The largest absolute Gasteiger partial charge is 0.469 e. The third kappa shape index (κ3) is 5.93. The highest BCUT2D eigenvalue weighted by Crippen LogP contribution is 2.14. The standard InChI is InChI=1S/C9H19NO2S/c1-7(10-3)8(2)13-6-5-9(11)12-4/h7-8,10H,5-6H2,1-4H3. The van der Waals surface area contributed by atoms with Crippen LogP contribution in [0.2, 0.25) is 0 Å². The van der Waals surface area contributed by atoms with Crippen LogP contribution < -0.4 is 5.32 Å². The molecule has 0 aliphatic carbocycles. The number of ether oxygens (including phenoxy) is 1. The maximum atomic E-state index is 10.8. The molecule has 4 heteroatoms. The molecule has 0 aromatic carbocycles. The summed E-state index contributed by atoms with van der Waals surface area (Å²) in [6, 6.07) is 0.475. The molecule has 0 bridgehead atoms. The Bertz CT molecular complexity index is 153. The Labute approximate surface area is 84.6 Å². The zero-order valence-electron chi connectivity index (χ0n) is 8.79. The summed E-state index contributed by atoms with van der Waals surface area (Å²) < 4.78 is 4.55. The molecule has 2 atom stereocenters. The number of carbonyl (C=O) groups is 1. The van der Waals surface area contributed by atoms with E-state index in [0.717, 1.165) is 5.75 Å². The predicted molar refractivity (Wildman–Crippen MR) is 57.1 cm³/mol. The Morgan fingerprint density at radius 3 is 2.62 bits per heavy atom. The van der Waals surface area contributed by atoms with E-state index in [4.69, 9.17) is 0 Å². The van der Waals surface area contributed by atoms with Crippen molar-refractivity contribution >= 4 is 17.7 Å². The minimum Gasteiger partial charge on any atom is -0.469 e. The molecule has 0 fully saturated rings. The number of thioether (sulfide) groups is 1. The van der Waals surface area contributed by atoms with Crippen LogP contribution in [0.4, 0.5) is 0 Å². The van der Waals surface area contributed by atoms with E-state index >= 15 is 0 Å². The van der Waals surface area contributed by atoms with E-state index in [1.54, 1.807) is 11.8 Å². The van der Waals surface area contributed by atoms with E-state index in [1.807, 2.05) is 7.05 Å². The first kappa shape index (κ1) is 12.8. The first-order valence-corrected chi connectivity index (χ1v) is 5.52. The summed E-state index contributed by atoms with van der Waals surface area (Å²) in [5.74, 6) is 0.705. The van der Waals surface area contributed by atoms with E-state index in [9.17, 15) is 4.79 Å². The summed E-state index contributed by atoms with van der Waals surface area (Å²) in [5.41, 5.74) is 0. The normalized spacial score (nSPS) is 15.1. The van der Waals surface area contributed by atoms with E-state index in [2.05, 4.69) is 23.9 Å². The highest BCUT2D eigenvalue weighted by atomic mass is 32.2. The molecule has 0 aliphatic heterocycles. The van der Waals surface area contributed by atoms with E-state index in [-0.39, 0.29) is 5.97 Å². The number of rotatable bonds is 6. The molecule has 0 rings (SSSR count). The lowest BCUT2D eigenvalue weighted by atomic mass is 10.3. The summed E-state index contributed by atoms with van der Waals surface area (Å²) in [7, 11) is 3.37. The number of hydrogen-bond donors (Lipinski definition) is 1. The molecule has 0 spiro atoms. The monoisotopic (exact) mass is 205 g/mol. The molecule has 0 heterocycles. The molecule has 3 nitrogen and oxygen atoms in total. The van der Waals surface area contributed by atoms with Crippen LogP contribution in [0, 0.1) is 0 Å². The van der Waals surface area contributed by atoms with Crippen molar-refractivity contribution in [3.63, 3.8) is 0 Å². The average molecular weight is 205 g/mol. The third-order valence-corrected chi connectivity index (χ3v) is 3.45. The molecule has 0 saturated carbocycles. The zero-order chi connectivity index (χ0) is 10.3. The molecule has 0 saturated heterocycles. The molecule has 78 valence electrons. The number of esters is 1. The fourth-order valence-corrected chi connectivity index (χ4v) is 1.89. The second-order valence-electron chi connectivity index (χ2n) is 2.98. The Morgan fingerprint density at radius 2 is 2.15 bits per heavy atom. The highest BCUT2D eigenvalue weighted by molar-refractivity contribution is 7.99. The Hall–Kier alpha value is -0.220. The van der Waals surface area contributed by atoms with Gasteiger partial charge in [-0.2, -0.15) is 11.8 Å². The van der Waals surface area contributed by atoms with E-state index < -0.39 is 0 Å². The van der Waals surface area contributed by atoms with Gasteiger partial charge in [0.05, 0.1) is 13.5 Å². The maximum absolute atomic E-state index is 10.8. The van der Waals surface area contributed by atoms with Gasteiger partial charge >= 0.3 is 5.97 Å². The first-order chi connectivity index (χ1) is 6.11. The van der Waals surface area contributed by atoms with Gasteiger partial charge in [0.15, 0.2) is 0 Å². The van der Waals surface area contributed by atoms with E-state index in [0.29, 0.717) is 17.7 Å². The summed E-state index contributed by atoms with van der Waals surface area (Å²) >= 11 is 1.79. The summed E-state index contributed by atoms with van der Waals surface area (Å²) in [6.07, 6.45) is 0.502. The van der Waals surface area contributed by atoms with Crippen LogP contribution in [0.3, 0.4) is 0 Å². The van der Waals surface area contributed by atoms with Gasteiger partial charge in [0, 0.05) is 17.0 Å². The van der Waals surface area contributed by atoms with Crippen LogP contribution in [0.5, 0.6) is 0 Å². The first-order valence-electron chi connectivity index (χ1n) is 4.47. The minimum absolute atomic E-state index is 0.128. The minimum atomic E-state index is -0.128. The highest BCUT2D eigenvalue weighted by Gasteiger charge is 2.10. The van der Waals surface area contributed by atoms with Gasteiger partial charge in [-0.25, -0.2) is 0 Å². The zero-order valence-corrected chi connectivity index (χ0v) is 9.61. The van der Waals surface area contributed by atoms with Crippen molar-refractivity contribution in [1.82, 2.24) is 5.32 Å². The molecule has 13 heavy (non-hydrogen) atoms. The molecule has 0 aromatic heterocycles. The van der Waals surface area contributed by atoms with Crippen molar-refractivity contribution in [2.24, 2.45) is 0 Å². The van der Waals surface area contributed by atoms with Crippen molar-refractivity contribution in [2.75, 3.05) is 19.9 Å². The molecule has 0 radical (unpaired) electrons. The lowest BCUT2D eigenvalue weighted by molar-refractivity contribution is -0.140. The van der Waals surface area contributed by atoms with Crippen LogP contribution in [-0.4, -0.2) is 37.2 Å². The quantitative estimate of drug-likeness (QED) is 0.663. The van der Waals surface area contributed by atoms with Crippen molar-refractivity contribution < 1.29 is 9.53 Å². The predicted octanol–water partition coefficient (Wildman–Crippen LogP) is 1.28. The maximum Gasteiger partial charge on any atom is 0.306 e. The smallest absolute Gasteiger partial charge is 0.306 e. The van der Waals surface area contributed by atoms with Gasteiger partial charge in [-0.1, -0.05) is 6.92 Å². The summed E-state index contributed by atoms with van der Waals surface area (Å²) in [6.45, 7) is 4.29. The number of nitrogens with one attached hydrogen (secondary N) is 1. The van der Waals surface area contributed by atoms with Crippen LogP contribution >= 0.6 is 11.8 Å². The third-order valence-electron chi connectivity index (χ3n) is 2.07. The van der Waals surface area contributed by atoms with Gasteiger partial charge in [0.2, 0.25) is 0 Å². The van der Waals surface area contributed by atoms with Gasteiger partial charge in [-0.05, 0) is 14.0 Å². The Balaban J connectivity index is 3.47. The van der Waals surface area contributed by atoms with Crippen LogP contribution in [0.1, 0.15) is 20.3 Å². The molecule has 0 aromatic rings. The van der Waals surface area contributed by atoms with Crippen molar-refractivity contribution in [3.05, 3.63) is 0 Å². The topological polar surface area (TPSA) is 38.3 Å². The SMILES string of the molecule is CNC(C)C(C)SCCC(=O)OC. The lowest BCUT2D eigenvalue weighted by Crippen LogP contribution is -2.30. The summed E-state index contributed by atoms with van der Waals surface area (Å²) in [4.78, 5) is 10.8. The Kier molecular flexibility index (Phi) is 7.09. The van der Waals surface area contributed by atoms with Gasteiger partial charge in [0.25, 0.3) is 0 Å². The number of hydrogen-bond acceptors (Lipinski definition) is 4.